The van der Waals surface area contributed by atoms with Crippen molar-refractivity contribution in [1.29, 1.82) is 5.26 Å². The van der Waals surface area contributed by atoms with Crippen LogP contribution in [-0.4, -0.2) is 31.3 Å². The van der Waals surface area contributed by atoms with Gasteiger partial charge >= 0.3 is 5.97 Å². The molecular formula is C13H16N2O4S. The zero-order valence-corrected chi connectivity index (χ0v) is 12.1. The summed E-state index contributed by atoms with van der Waals surface area (Å²) in [7, 11) is -4.03. The lowest BCUT2D eigenvalue weighted by Gasteiger charge is -2.24. The van der Waals surface area contributed by atoms with Gasteiger partial charge in [-0.25, -0.2) is 8.42 Å². The van der Waals surface area contributed by atoms with Crippen molar-refractivity contribution < 1.29 is 18.3 Å². The van der Waals surface area contributed by atoms with E-state index in [9.17, 15) is 13.2 Å². The van der Waals surface area contributed by atoms with Gasteiger partial charge in [-0.15, -0.1) is 0 Å². The van der Waals surface area contributed by atoms with Crippen molar-refractivity contribution in [2.45, 2.75) is 25.5 Å². The summed E-state index contributed by atoms with van der Waals surface area (Å²) < 4.78 is 25.5. The number of anilines is 1. The molecule has 1 aromatic carbocycles. The minimum absolute atomic E-state index is 0.0980. The number of nitriles is 1. The molecule has 6 nitrogen and oxygen atoms in total. The normalized spacial score (nSPS) is 12.4. The van der Waals surface area contributed by atoms with Gasteiger partial charge in [0.25, 0.3) is 10.0 Å². The predicted molar refractivity (Wildman–Crippen MR) is 74.8 cm³/mol. The van der Waals surface area contributed by atoms with Crippen molar-refractivity contribution in [3.05, 3.63) is 29.8 Å². The Labute approximate surface area is 118 Å². The third kappa shape index (κ3) is 3.48. The van der Waals surface area contributed by atoms with E-state index in [1.807, 2.05) is 6.92 Å². The highest BCUT2D eigenvalue weighted by Gasteiger charge is 2.32. The number of aliphatic carboxylic acids is 1. The Kier molecular flexibility index (Phi) is 5.11. The van der Waals surface area contributed by atoms with E-state index >= 15 is 0 Å². The highest BCUT2D eigenvalue weighted by molar-refractivity contribution is 7.93. The van der Waals surface area contributed by atoms with Crippen LogP contribution in [0.5, 0.6) is 0 Å². The van der Waals surface area contributed by atoms with Crippen LogP contribution < -0.4 is 4.31 Å². The van der Waals surface area contributed by atoms with E-state index in [2.05, 4.69) is 0 Å². The topological polar surface area (TPSA) is 98.5 Å². The molecular weight excluding hydrogens is 280 g/mol. The zero-order valence-electron chi connectivity index (χ0n) is 11.3. The first-order valence-corrected chi connectivity index (χ1v) is 7.52. The molecule has 0 saturated heterocycles. The number of hydrogen-bond donors (Lipinski definition) is 1. The summed E-state index contributed by atoms with van der Waals surface area (Å²) in [5, 5.41) is 16.6. The molecule has 0 spiro atoms. The Morgan fingerprint density at radius 3 is 2.35 bits per heavy atom. The van der Waals surface area contributed by atoms with Gasteiger partial charge in [-0.1, -0.05) is 24.6 Å². The molecule has 0 bridgehead atoms. The van der Waals surface area contributed by atoms with Gasteiger partial charge in [0.05, 0.1) is 11.8 Å². The molecule has 0 amide bonds. The number of aryl methyl sites for hydroxylation is 1. The molecule has 0 radical (unpaired) electrons. The molecule has 7 heteroatoms. The van der Waals surface area contributed by atoms with Crippen molar-refractivity contribution in [2.75, 3.05) is 10.8 Å². The number of carboxylic acids is 1. The van der Waals surface area contributed by atoms with Crippen molar-refractivity contribution in [1.82, 2.24) is 0 Å². The van der Waals surface area contributed by atoms with Gasteiger partial charge in [-0.2, -0.15) is 5.26 Å². The summed E-state index contributed by atoms with van der Waals surface area (Å²) in [5.74, 6) is -1.28. The maximum absolute atomic E-state index is 12.4. The van der Waals surface area contributed by atoms with Gasteiger partial charge in [-0.05, 0) is 25.5 Å². The largest absolute Gasteiger partial charge is 0.480 e. The second-order valence-corrected chi connectivity index (χ2v) is 6.35. The zero-order chi connectivity index (χ0) is 15.3. The fraction of sp³-hybridized carbons (Fsp3) is 0.385. The minimum Gasteiger partial charge on any atom is -0.480 e. The highest BCUT2D eigenvalue weighted by Crippen LogP contribution is 2.22. The number of nitrogens with zero attached hydrogens (tertiary/aromatic N) is 2. The Bertz CT molecular complexity index is 617. The summed E-state index contributed by atoms with van der Waals surface area (Å²) in [6.07, 6.45) is 0.0980. The molecule has 1 N–H and O–H groups in total. The molecule has 0 aliphatic heterocycles. The number of sulfonamides is 1. The first-order valence-electron chi connectivity index (χ1n) is 6.02. The van der Waals surface area contributed by atoms with E-state index in [-0.39, 0.29) is 12.1 Å². The Balaban J connectivity index is 3.29. The Hall–Kier alpha value is -2.07. The maximum Gasteiger partial charge on any atom is 0.324 e. The predicted octanol–water partition coefficient (Wildman–Crippen LogP) is 1.52. The fourth-order valence-corrected chi connectivity index (χ4v) is 3.25. The molecule has 1 unspecified atom stereocenters. The van der Waals surface area contributed by atoms with Crippen molar-refractivity contribution in [3.63, 3.8) is 0 Å². The summed E-state index contributed by atoms with van der Waals surface area (Å²) in [6.45, 7) is 2.70. The first-order chi connectivity index (χ1) is 9.32. The van der Waals surface area contributed by atoms with Gasteiger partial charge < -0.3 is 5.11 Å². The molecule has 0 aromatic heterocycles. The Morgan fingerprint density at radius 1 is 1.40 bits per heavy atom. The lowest BCUT2D eigenvalue weighted by Crippen LogP contribution is -2.41. The van der Waals surface area contributed by atoms with Gasteiger partial charge in [0.15, 0.2) is 5.25 Å². The van der Waals surface area contributed by atoms with E-state index in [0.717, 1.165) is 9.87 Å². The summed E-state index contributed by atoms with van der Waals surface area (Å²) in [5.41, 5.74) is 1.17. The van der Waals surface area contributed by atoms with E-state index in [4.69, 9.17) is 10.4 Å². The van der Waals surface area contributed by atoms with Gasteiger partial charge in [0.1, 0.15) is 6.54 Å². The second kappa shape index (κ2) is 6.39. The van der Waals surface area contributed by atoms with Crippen LogP contribution in [0.1, 0.15) is 18.9 Å². The third-order valence-corrected chi connectivity index (χ3v) is 4.89. The monoisotopic (exact) mass is 296 g/mol. The molecule has 0 aliphatic rings. The third-order valence-electron chi connectivity index (χ3n) is 2.78. The van der Waals surface area contributed by atoms with Crippen LogP contribution in [0, 0.1) is 18.3 Å². The summed E-state index contributed by atoms with van der Waals surface area (Å²) in [6, 6.07) is 8.13. The van der Waals surface area contributed by atoms with Crippen LogP contribution in [0.25, 0.3) is 0 Å². The van der Waals surface area contributed by atoms with Gasteiger partial charge in [-0.3, -0.25) is 9.10 Å². The number of hydrogen-bond acceptors (Lipinski definition) is 4. The average molecular weight is 296 g/mol. The van der Waals surface area contributed by atoms with Crippen molar-refractivity contribution in [2.24, 2.45) is 0 Å². The van der Waals surface area contributed by atoms with Crippen LogP contribution >= 0.6 is 0 Å². The number of carbonyl (C=O) groups is 1. The molecule has 0 saturated carbocycles. The van der Waals surface area contributed by atoms with Crippen LogP contribution in [0.4, 0.5) is 5.69 Å². The second-order valence-electron chi connectivity index (χ2n) is 4.31. The minimum atomic E-state index is -4.03. The first kappa shape index (κ1) is 16.0. The highest BCUT2D eigenvalue weighted by atomic mass is 32.2. The van der Waals surface area contributed by atoms with Crippen molar-refractivity contribution >= 4 is 21.7 Å². The van der Waals surface area contributed by atoms with Crippen LogP contribution in [0.3, 0.4) is 0 Å². The average Bonchev–Trinajstić information content (AvgIpc) is 2.38. The number of rotatable bonds is 6. The van der Waals surface area contributed by atoms with E-state index in [0.29, 0.717) is 0 Å². The van der Waals surface area contributed by atoms with Gasteiger partial charge in [0, 0.05) is 0 Å². The number of carboxylic acid groups (broad SMARTS) is 1. The van der Waals surface area contributed by atoms with Crippen LogP contribution in [0.15, 0.2) is 24.3 Å². The molecule has 1 atom stereocenters. The standard InChI is InChI=1S/C13H16N2O4S/c1-3-12(8-14)20(18,19)15(9-13(16)17)11-6-4-10(2)5-7-11/h4-7,12H,3,9H2,1-2H3,(H,16,17). The smallest absolute Gasteiger partial charge is 0.324 e. The maximum atomic E-state index is 12.4. The van der Waals surface area contributed by atoms with E-state index in [1.54, 1.807) is 25.1 Å². The van der Waals surface area contributed by atoms with E-state index < -0.39 is 27.8 Å². The summed E-state index contributed by atoms with van der Waals surface area (Å²) in [4.78, 5) is 10.9. The van der Waals surface area contributed by atoms with Crippen LogP contribution in [0.2, 0.25) is 0 Å². The van der Waals surface area contributed by atoms with Gasteiger partial charge in [0.2, 0.25) is 0 Å². The van der Waals surface area contributed by atoms with Crippen LogP contribution in [-0.2, 0) is 14.8 Å². The molecule has 1 rings (SSSR count). The van der Waals surface area contributed by atoms with E-state index in [1.165, 1.54) is 12.1 Å². The molecule has 0 heterocycles. The molecule has 20 heavy (non-hydrogen) atoms. The number of benzene rings is 1. The van der Waals surface area contributed by atoms with Crippen molar-refractivity contribution in [3.8, 4) is 6.07 Å². The molecule has 0 aliphatic carbocycles. The Morgan fingerprint density at radius 2 is 1.95 bits per heavy atom. The molecule has 0 fully saturated rings. The fourth-order valence-electron chi connectivity index (χ4n) is 1.68. The SMILES string of the molecule is CCC(C#N)S(=O)(=O)N(CC(=O)O)c1ccc(C)cc1. The molecule has 1 aromatic rings. The quantitative estimate of drug-likeness (QED) is 0.858. The lowest BCUT2D eigenvalue weighted by molar-refractivity contribution is -0.135. The molecule has 108 valence electrons. The summed E-state index contributed by atoms with van der Waals surface area (Å²) >= 11 is 0. The lowest BCUT2D eigenvalue weighted by atomic mass is 10.2.